The van der Waals surface area contributed by atoms with E-state index in [9.17, 15) is 9.59 Å². The second-order valence-electron chi connectivity index (χ2n) is 4.68. The van der Waals surface area contributed by atoms with E-state index in [1.807, 2.05) is 30.3 Å². The van der Waals surface area contributed by atoms with Crippen molar-refractivity contribution in [2.75, 3.05) is 11.9 Å². The smallest absolute Gasteiger partial charge is 0.412 e. The molecule has 2 N–H and O–H groups in total. The van der Waals surface area contributed by atoms with E-state index in [0.29, 0.717) is 11.4 Å². The first-order valence-electron chi connectivity index (χ1n) is 7.06. The third-order valence-electron chi connectivity index (χ3n) is 2.91. The Morgan fingerprint density at radius 1 is 1.00 bits per heavy atom. The van der Waals surface area contributed by atoms with E-state index in [2.05, 4.69) is 5.32 Å². The van der Waals surface area contributed by atoms with Crippen LogP contribution in [0.25, 0.3) is 0 Å². The maximum absolute atomic E-state index is 11.8. The Kier molecular flexibility index (Phi) is 5.99. The average Bonchev–Trinajstić information content (AvgIpc) is 2.55. The van der Waals surface area contributed by atoms with E-state index in [0.717, 1.165) is 5.56 Å². The van der Waals surface area contributed by atoms with Gasteiger partial charge in [-0.3, -0.25) is 10.1 Å². The number of carbonyl (C=O) groups excluding carboxylic acids is 1. The number of hydrogen-bond donors (Lipinski definition) is 2. The van der Waals surface area contributed by atoms with Crippen LogP contribution in [0.3, 0.4) is 0 Å². The number of hydrogen-bond acceptors (Lipinski definition) is 4. The molecule has 6 heteroatoms. The lowest BCUT2D eigenvalue weighted by molar-refractivity contribution is -0.137. The zero-order valence-corrected chi connectivity index (χ0v) is 12.4. The van der Waals surface area contributed by atoms with E-state index in [1.165, 1.54) is 0 Å². The molecule has 6 nitrogen and oxygen atoms in total. The van der Waals surface area contributed by atoms with Gasteiger partial charge in [0, 0.05) is 0 Å². The van der Waals surface area contributed by atoms with Gasteiger partial charge in [0.05, 0.1) is 18.7 Å². The summed E-state index contributed by atoms with van der Waals surface area (Å²) >= 11 is 0. The van der Waals surface area contributed by atoms with Crippen LogP contribution in [0.5, 0.6) is 5.75 Å². The Balaban J connectivity index is 1.88. The van der Waals surface area contributed by atoms with Crippen molar-refractivity contribution in [1.29, 1.82) is 0 Å². The molecular weight excluding hydrogens is 298 g/mol. The molecule has 0 radical (unpaired) electrons. The van der Waals surface area contributed by atoms with Crippen LogP contribution in [0.15, 0.2) is 54.6 Å². The molecule has 0 aliphatic heterocycles. The van der Waals surface area contributed by atoms with Crippen molar-refractivity contribution in [3.05, 3.63) is 60.2 Å². The summed E-state index contributed by atoms with van der Waals surface area (Å²) in [6.45, 7) is 0.182. The molecule has 0 unspecified atom stereocenters. The lowest BCUT2D eigenvalue weighted by Crippen LogP contribution is -2.15. The first kappa shape index (κ1) is 16.4. The molecule has 0 aromatic heterocycles. The third kappa shape index (κ3) is 5.70. The topological polar surface area (TPSA) is 84.9 Å². The molecule has 2 rings (SSSR count). The molecule has 120 valence electrons. The largest absolute Gasteiger partial charge is 0.491 e. The summed E-state index contributed by atoms with van der Waals surface area (Å²) in [6, 6.07) is 16.1. The number of aliphatic carboxylic acids is 1. The van der Waals surface area contributed by atoms with Crippen molar-refractivity contribution in [2.24, 2.45) is 0 Å². The summed E-state index contributed by atoms with van der Waals surface area (Å²) < 4.78 is 10.5. The van der Waals surface area contributed by atoms with Gasteiger partial charge in [0.25, 0.3) is 0 Å². The third-order valence-corrected chi connectivity index (χ3v) is 2.91. The zero-order chi connectivity index (χ0) is 16.5. The number of amides is 1. The molecule has 0 atom stereocenters. The number of nitrogens with one attached hydrogen (secondary N) is 1. The van der Waals surface area contributed by atoms with E-state index >= 15 is 0 Å². The molecule has 0 saturated heterocycles. The quantitative estimate of drug-likeness (QED) is 0.819. The maximum Gasteiger partial charge on any atom is 0.412 e. The first-order valence-corrected chi connectivity index (χ1v) is 7.06. The molecule has 23 heavy (non-hydrogen) atoms. The Labute approximate surface area is 133 Å². The van der Waals surface area contributed by atoms with E-state index < -0.39 is 12.1 Å². The summed E-state index contributed by atoms with van der Waals surface area (Å²) in [5.74, 6) is -0.553. The number of carboxylic acids is 1. The van der Waals surface area contributed by atoms with Crippen molar-refractivity contribution in [1.82, 2.24) is 0 Å². The number of rotatable bonds is 7. The number of para-hydroxylation sites is 2. The molecular formula is C17H17NO5. The van der Waals surface area contributed by atoms with Crippen LogP contribution in [0.4, 0.5) is 10.5 Å². The second kappa shape index (κ2) is 8.43. The van der Waals surface area contributed by atoms with Gasteiger partial charge >= 0.3 is 12.1 Å². The number of carboxylic acid groups (broad SMARTS) is 1. The van der Waals surface area contributed by atoms with E-state index in [4.69, 9.17) is 14.6 Å². The highest BCUT2D eigenvalue weighted by molar-refractivity contribution is 5.86. The van der Waals surface area contributed by atoms with Crippen molar-refractivity contribution in [2.45, 2.75) is 13.0 Å². The van der Waals surface area contributed by atoms with Crippen LogP contribution >= 0.6 is 0 Å². The average molecular weight is 315 g/mol. The molecule has 0 fully saturated rings. The SMILES string of the molecule is O=C(O)CCOc1ccccc1NC(=O)OCc1ccccc1. The molecule has 2 aromatic rings. The van der Waals surface area contributed by atoms with Crippen LogP contribution in [-0.2, 0) is 16.1 Å². The van der Waals surface area contributed by atoms with Crippen molar-refractivity contribution < 1.29 is 24.2 Å². The number of anilines is 1. The first-order chi connectivity index (χ1) is 11.1. The van der Waals surface area contributed by atoms with Gasteiger partial charge in [-0.15, -0.1) is 0 Å². The molecule has 0 saturated carbocycles. The fourth-order valence-corrected chi connectivity index (χ4v) is 1.81. The van der Waals surface area contributed by atoms with Gasteiger partial charge in [0.1, 0.15) is 12.4 Å². The second-order valence-corrected chi connectivity index (χ2v) is 4.68. The van der Waals surface area contributed by atoms with E-state index in [-0.39, 0.29) is 19.6 Å². The molecule has 0 heterocycles. The van der Waals surface area contributed by atoms with E-state index in [1.54, 1.807) is 24.3 Å². The monoisotopic (exact) mass is 315 g/mol. The van der Waals surface area contributed by atoms with Gasteiger partial charge < -0.3 is 14.6 Å². The summed E-state index contributed by atoms with van der Waals surface area (Å²) in [5.41, 5.74) is 1.31. The lowest BCUT2D eigenvalue weighted by Gasteiger charge is -2.12. The van der Waals surface area contributed by atoms with Gasteiger partial charge in [-0.1, -0.05) is 42.5 Å². The zero-order valence-electron chi connectivity index (χ0n) is 12.4. The highest BCUT2D eigenvalue weighted by atomic mass is 16.5. The summed E-state index contributed by atoms with van der Waals surface area (Å²) in [7, 11) is 0. The van der Waals surface area contributed by atoms with Crippen LogP contribution in [0.2, 0.25) is 0 Å². The summed E-state index contributed by atoms with van der Waals surface area (Å²) in [4.78, 5) is 22.3. The molecule has 0 bridgehead atoms. The van der Waals surface area contributed by atoms with Gasteiger partial charge in [-0.05, 0) is 17.7 Å². The minimum absolute atomic E-state index is 0.0209. The Hall–Kier alpha value is -3.02. The maximum atomic E-state index is 11.8. The minimum Gasteiger partial charge on any atom is -0.491 e. The molecule has 0 aliphatic carbocycles. The molecule has 1 amide bonds. The predicted molar refractivity (Wildman–Crippen MR) is 84.4 cm³/mol. The van der Waals surface area contributed by atoms with Crippen LogP contribution < -0.4 is 10.1 Å². The van der Waals surface area contributed by atoms with Crippen LogP contribution in [0, 0.1) is 0 Å². The van der Waals surface area contributed by atoms with Crippen molar-refractivity contribution in [3.8, 4) is 5.75 Å². The van der Waals surface area contributed by atoms with Gasteiger partial charge in [0.15, 0.2) is 0 Å². The van der Waals surface area contributed by atoms with Gasteiger partial charge in [-0.2, -0.15) is 0 Å². The molecule has 2 aromatic carbocycles. The fraction of sp³-hybridized carbons (Fsp3) is 0.176. The Morgan fingerprint density at radius 2 is 1.70 bits per heavy atom. The summed E-state index contributed by atoms with van der Waals surface area (Å²) in [5, 5.41) is 11.2. The fourth-order valence-electron chi connectivity index (χ4n) is 1.81. The van der Waals surface area contributed by atoms with Gasteiger partial charge in [0.2, 0.25) is 0 Å². The highest BCUT2D eigenvalue weighted by Crippen LogP contribution is 2.24. The number of benzene rings is 2. The normalized spacial score (nSPS) is 9.91. The number of carbonyl (C=O) groups is 2. The predicted octanol–water partition coefficient (Wildman–Crippen LogP) is 3.29. The van der Waals surface area contributed by atoms with Crippen LogP contribution in [-0.4, -0.2) is 23.8 Å². The Morgan fingerprint density at radius 3 is 2.43 bits per heavy atom. The Bertz CT molecular complexity index is 657. The van der Waals surface area contributed by atoms with Gasteiger partial charge in [-0.25, -0.2) is 4.79 Å². The van der Waals surface area contributed by atoms with Crippen molar-refractivity contribution >= 4 is 17.7 Å². The summed E-state index contributed by atoms with van der Waals surface area (Å²) in [6.07, 6.45) is -0.726. The van der Waals surface area contributed by atoms with Crippen molar-refractivity contribution in [3.63, 3.8) is 0 Å². The number of ether oxygens (including phenoxy) is 2. The van der Waals surface area contributed by atoms with Crippen LogP contribution in [0.1, 0.15) is 12.0 Å². The molecule has 0 aliphatic rings. The highest BCUT2D eigenvalue weighted by Gasteiger charge is 2.09. The molecule has 0 spiro atoms. The lowest BCUT2D eigenvalue weighted by atomic mass is 10.2. The minimum atomic E-state index is -0.947. The standard InChI is InChI=1S/C17H17NO5/c19-16(20)10-11-22-15-9-5-4-8-14(15)18-17(21)23-12-13-6-2-1-3-7-13/h1-9H,10-12H2,(H,18,21)(H,19,20).